The molecule has 2 aromatic carbocycles. The van der Waals surface area contributed by atoms with Gasteiger partial charge in [0.15, 0.2) is 0 Å². The molecular weight excluding hydrogens is 397 g/mol. The van der Waals surface area contributed by atoms with Gasteiger partial charge in [-0.15, -0.1) is 12.4 Å². The Hall–Kier alpha value is -2.27. The van der Waals surface area contributed by atoms with Gasteiger partial charge in [0.1, 0.15) is 11.5 Å². The van der Waals surface area contributed by atoms with E-state index in [0.29, 0.717) is 28.9 Å². The summed E-state index contributed by atoms with van der Waals surface area (Å²) in [6, 6.07) is 19.1. The number of hydrogen-bond acceptors (Lipinski definition) is 3. The molecule has 0 saturated carbocycles. The molecule has 0 aliphatic heterocycles. The Labute approximate surface area is 175 Å². The Morgan fingerprint density at radius 3 is 2.61 bits per heavy atom. The third-order valence-electron chi connectivity index (χ3n) is 4.47. The maximum atomic E-state index is 11.2. The van der Waals surface area contributed by atoms with E-state index in [0.717, 1.165) is 18.6 Å². The molecule has 1 atom stereocenters. The first kappa shape index (κ1) is 22.0. The summed E-state index contributed by atoms with van der Waals surface area (Å²) in [5.41, 5.74) is 2.10. The molecule has 148 valence electrons. The Kier molecular flexibility index (Phi) is 8.12. The highest BCUT2D eigenvalue weighted by molar-refractivity contribution is 6.33. The van der Waals surface area contributed by atoms with E-state index in [2.05, 4.69) is 36.5 Å². The molecule has 6 heteroatoms. The third kappa shape index (κ3) is 5.86. The maximum Gasteiger partial charge on any atom is 0.335 e. The second-order valence-electron chi connectivity index (χ2n) is 6.57. The average Bonchev–Trinajstić information content (AvgIpc) is 3.14. The van der Waals surface area contributed by atoms with Crippen molar-refractivity contribution in [2.45, 2.75) is 32.4 Å². The van der Waals surface area contributed by atoms with Crippen molar-refractivity contribution in [1.29, 1.82) is 0 Å². The lowest BCUT2D eigenvalue weighted by atomic mass is 10.1. The molecule has 1 unspecified atom stereocenters. The summed E-state index contributed by atoms with van der Waals surface area (Å²) in [5, 5.41) is 13.1. The van der Waals surface area contributed by atoms with Crippen molar-refractivity contribution in [2.75, 3.05) is 0 Å². The van der Waals surface area contributed by atoms with E-state index in [1.807, 2.05) is 18.2 Å². The molecule has 3 rings (SSSR count). The van der Waals surface area contributed by atoms with Crippen LogP contribution in [0, 0.1) is 0 Å². The van der Waals surface area contributed by atoms with Gasteiger partial charge in [-0.25, -0.2) is 4.79 Å². The number of aryl methyl sites for hydroxylation is 1. The summed E-state index contributed by atoms with van der Waals surface area (Å²) < 4.78 is 5.86. The first-order chi connectivity index (χ1) is 13.0. The van der Waals surface area contributed by atoms with Crippen LogP contribution in [0.1, 0.15) is 35.0 Å². The van der Waals surface area contributed by atoms with Gasteiger partial charge in [-0.05, 0) is 55.7 Å². The molecule has 4 nitrogen and oxygen atoms in total. The molecule has 1 heterocycles. The number of carboxylic acids is 1. The van der Waals surface area contributed by atoms with Crippen molar-refractivity contribution >= 4 is 30.0 Å². The van der Waals surface area contributed by atoms with Gasteiger partial charge >= 0.3 is 5.97 Å². The smallest absolute Gasteiger partial charge is 0.335 e. The predicted octanol–water partition coefficient (Wildman–Crippen LogP) is 5.83. The van der Waals surface area contributed by atoms with Crippen LogP contribution in [0.4, 0.5) is 0 Å². The first-order valence-corrected chi connectivity index (χ1v) is 9.30. The number of carbonyl (C=O) groups is 1. The molecule has 0 saturated heterocycles. The molecule has 0 amide bonds. The van der Waals surface area contributed by atoms with E-state index in [4.69, 9.17) is 21.1 Å². The zero-order valence-corrected chi connectivity index (χ0v) is 17.1. The largest absolute Gasteiger partial charge is 0.478 e. The second-order valence-corrected chi connectivity index (χ2v) is 6.98. The molecule has 0 spiro atoms. The van der Waals surface area contributed by atoms with Crippen molar-refractivity contribution in [1.82, 2.24) is 5.32 Å². The number of hydrogen-bond donors (Lipinski definition) is 2. The van der Waals surface area contributed by atoms with Crippen LogP contribution < -0.4 is 5.32 Å². The van der Waals surface area contributed by atoms with Gasteiger partial charge in [-0.3, -0.25) is 0 Å². The fourth-order valence-electron chi connectivity index (χ4n) is 2.87. The monoisotopic (exact) mass is 419 g/mol. The van der Waals surface area contributed by atoms with E-state index in [1.54, 1.807) is 6.07 Å². The third-order valence-corrected chi connectivity index (χ3v) is 4.80. The highest BCUT2D eigenvalue weighted by Gasteiger charge is 2.13. The van der Waals surface area contributed by atoms with Crippen molar-refractivity contribution in [3.05, 3.63) is 82.6 Å². The van der Waals surface area contributed by atoms with Crippen molar-refractivity contribution < 1.29 is 14.3 Å². The van der Waals surface area contributed by atoms with Crippen LogP contribution in [-0.4, -0.2) is 17.1 Å². The Balaban J connectivity index is 0.00000280. The van der Waals surface area contributed by atoms with Crippen LogP contribution in [0.5, 0.6) is 0 Å². The molecule has 0 radical (unpaired) electrons. The summed E-state index contributed by atoms with van der Waals surface area (Å²) in [6.07, 6.45) is 2.06. The lowest BCUT2D eigenvalue weighted by molar-refractivity contribution is 0.0697. The van der Waals surface area contributed by atoms with E-state index in [-0.39, 0.29) is 18.0 Å². The van der Waals surface area contributed by atoms with Crippen molar-refractivity contribution in [3.63, 3.8) is 0 Å². The molecule has 2 N–H and O–H groups in total. The molecule has 0 fully saturated rings. The van der Waals surface area contributed by atoms with Crippen LogP contribution >= 0.6 is 24.0 Å². The Morgan fingerprint density at radius 2 is 1.89 bits per heavy atom. The second kappa shape index (κ2) is 10.3. The van der Waals surface area contributed by atoms with Crippen LogP contribution in [0.3, 0.4) is 0 Å². The number of rotatable bonds is 8. The normalized spacial score (nSPS) is 11.6. The number of carboxylic acid groups (broad SMARTS) is 1. The summed E-state index contributed by atoms with van der Waals surface area (Å²) >= 11 is 6.20. The number of halogens is 2. The number of nitrogens with one attached hydrogen (secondary N) is 1. The summed E-state index contributed by atoms with van der Waals surface area (Å²) in [4.78, 5) is 11.2. The predicted molar refractivity (Wildman–Crippen MR) is 114 cm³/mol. The van der Waals surface area contributed by atoms with Gasteiger partial charge in [-0.2, -0.15) is 0 Å². The fraction of sp³-hybridized carbons (Fsp3) is 0.227. The molecule has 0 bridgehead atoms. The first-order valence-electron chi connectivity index (χ1n) is 8.92. The van der Waals surface area contributed by atoms with Crippen molar-refractivity contribution in [3.8, 4) is 11.3 Å². The molecule has 28 heavy (non-hydrogen) atoms. The minimum atomic E-state index is -0.992. The van der Waals surface area contributed by atoms with Crippen LogP contribution in [0.25, 0.3) is 11.3 Å². The minimum absolute atomic E-state index is 0. The summed E-state index contributed by atoms with van der Waals surface area (Å²) in [7, 11) is 0. The average molecular weight is 420 g/mol. The quantitative estimate of drug-likeness (QED) is 0.481. The number of aromatic carboxylic acids is 1. The highest BCUT2D eigenvalue weighted by atomic mass is 35.5. The van der Waals surface area contributed by atoms with E-state index < -0.39 is 5.97 Å². The van der Waals surface area contributed by atoms with Crippen molar-refractivity contribution in [2.24, 2.45) is 0 Å². The van der Waals surface area contributed by atoms with Gasteiger partial charge in [0.2, 0.25) is 0 Å². The van der Waals surface area contributed by atoms with E-state index >= 15 is 0 Å². The van der Waals surface area contributed by atoms with Gasteiger partial charge < -0.3 is 14.8 Å². The SMILES string of the molecule is CC(CCc1ccccc1)NCc1ccc(-c2cc(C(=O)O)ccc2Cl)o1.Cl. The topological polar surface area (TPSA) is 62.5 Å². The maximum absolute atomic E-state index is 11.2. The highest BCUT2D eigenvalue weighted by Crippen LogP contribution is 2.30. The van der Waals surface area contributed by atoms with Gasteiger partial charge in [0.25, 0.3) is 0 Å². The standard InChI is InChI=1S/C22H22ClNO3.ClH/c1-15(7-8-16-5-3-2-4-6-16)24-14-18-10-12-21(27-18)19-13-17(22(25)26)9-11-20(19)23;/h2-6,9-13,15,24H,7-8,14H2,1H3,(H,25,26);1H. The van der Waals surface area contributed by atoms with Crippen LogP contribution in [0.2, 0.25) is 5.02 Å². The molecule has 0 aliphatic rings. The number of furan rings is 1. The van der Waals surface area contributed by atoms with Gasteiger partial charge in [-0.1, -0.05) is 41.9 Å². The molecular formula is C22H23Cl2NO3. The van der Waals surface area contributed by atoms with Crippen LogP contribution in [0.15, 0.2) is 65.1 Å². The summed E-state index contributed by atoms with van der Waals surface area (Å²) in [5.74, 6) is 0.360. The molecule has 0 aliphatic carbocycles. The fourth-order valence-corrected chi connectivity index (χ4v) is 3.08. The number of benzene rings is 2. The lowest BCUT2D eigenvalue weighted by Gasteiger charge is -2.12. The Bertz CT molecular complexity index is 909. The molecule has 3 aromatic rings. The lowest BCUT2D eigenvalue weighted by Crippen LogP contribution is -2.25. The van der Waals surface area contributed by atoms with Gasteiger partial charge in [0, 0.05) is 11.6 Å². The summed E-state index contributed by atoms with van der Waals surface area (Å²) in [6.45, 7) is 2.76. The van der Waals surface area contributed by atoms with Crippen LogP contribution in [-0.2, 0) is 13.0 Å². The zero-order valence-electron chi connectivity index (χ0n) is 15.5. The van der Waals surface area contributed by atoms with Gasteiger partial charge in [0.05, 0.1) is 17.1 Å². The molecule has 1 aromatic heterocycles. The van der Waals surface area contributed by atoms with E-state index in [1.165, 1.54) is 17.7 Å². The zero-order chi connectivity index (χ0) is 19.2. The Morgan fingerprint density at radius 1 is 1.14 bits per heavy atom. The van der Waals surface area contributed by atoms with E-state index in [9.17, 15) is 4.79 Å². The minimum Gasteiger partial charge on any atom is -0.478 e.